The van der Waals surface area contributed by atoms with E-state index in [2.05, 4.69) is 10.4 Å². The highest BCUT2D eigenvalue weighted by Crippen LogP contribution is 2.33. The van der Waals surface area contributed by atoms with Gasteiger partial charge in [-0.15, -0.1) is 11.3 Å². The number of nitrogens with one attached hydrogen (secondary N) is 1. The van der Waals surface area contributed by atoms with Gasteiger partial charge in [0.15, 0.2) is 0 Å². The van der Waals surface area contributed by atoms with Crippen LogP contribution in [0, 0.1) is 13.8 Å². The van der Waals surface area contributed by atoms with Crippen LogP contribution in [0.1, 0.15) is 57.1 Å². The molecule has 2 heterocycles. The summed E-state index contributed by atoms with van der Waals surface area (Å²) in [4.78, 5) is 22.0. The van der Waals surface area contributed by atoms with Crippen molar-refractivity contribution in [2.45, 2.75) is 40.4 Å². The monoisotopic (exact) mass is 483 g/mol. The van der Waals surface area contributed by atoms with Crippen molar-refractivity contribution in [3.8, 4) is 0 Å². The van der Waals surface area contributed by atoms with Crippen molar-refractivity contribution in [2.75, 3.05) is 19.5 Å². The summed E-state index contributed by atoms with van der Waals surface area (Å²) >= 11 is 1.22. The fraction of sp³-hybridized carbons (Fsp3) is 0.348. The number of halogens is 3. The van der Waals surface area contributed by atoms with E-state index < -0.39 is 17.8 Å². The van der Waals surface area contributed by atoms with E-state index in [-0.39, 0.29) is 17.8 Å². The van der Waals surface area contributed by atoms with Crippen LogP contribution in [0.15, 0.2) is 35.7 Å². The summed E-state index contributed by atoms with van der Waals surface area (Å²) in [6.07, 6.45) is -3.66. The van der Waals surface area contributed by atoms with Crippen molar-refractivity contribution in [1.29, 1.82) is 0 Å². The SMILES string of the molecule is CC.CNc1scc(Cn2nc(C)cc2C(F)(F)F)c1C(=O)OC.Cc1ccc(C=O)cc1. The highest BCUT2D eigenvalue weighted by molar-refractivity contribution is 7.14. The van der Waals surface area contributed by atoms with Crippen molar-refractivity contribution in [3.63, 3.8) is 0 Å². The number of methoxy groups -OCH3 is 1. The summed E-state index contributed by atoms with van der Waals surface area (Å²) in [5.74, 6) is -0.599. The van der Waals surface area contributed by atoms with Crippen LogP contribution in [0.25, 0.3) is 0 Å². The van der Waals surface area contributed by atoms with Crippen LogP contribution in [-0.4, -0.2) is 36.2 Å². The molecule has 0 fully saturated rings. The predicted octanol–water partition coefficient (Wildman–Crippen LogP) is 5.98. The van der Waals surface area contributed by atoms with Gasteiger partial charge in [0.05, 0.1) is 24.9 Å². The Morgan fingerprint density at radius 2 is 1.82 bits per heavy atom. The molecule has 33 heavy (non-hydrogen) atoms. The number of thiophene rings is 1. The Balaban J connectivity index is 0.000000412. The summed E-state index contributed by atoms with van der Waals surface area (Å²) in [7, 11) is 2.85. The summed E-state index contributed by atoms with van der Waals surface area (Å²) in [5, 5.41) is 8.86. The topological polar surface area (TPSA) is 73.2 Å². The lowest BCUT2D eigenvalue weighted by atomic mass is 10.2. The molecule has 0 saturated carbocycles. The Bertz CT molecular complexity index is 1040. The minimum Gasteiger partial charge on any atom is -0.465 e. The third-order valence-corrected chi connectivity index (χ3v) is 5.26. The second-order valence-corrected chi connectivity index (χ2v) is 7.44. The molecule has 10 heteroatoms. The maximum atomic E-state index is 13.0. The number of aldehydes is 1. The van der Waals surface area contributed by atoms with Crippen LogP contribution >= 0.6 is 11.3 Å². The molecule has 0 atom stereocenters. The van der Waals surface area contributed by atoms with E-state index in [1.807, 2.05) is 45.0 Å². The number of alkyl halides is 3. The van der Waals surface area contributed by atoms with Crippen LogP contribution < -0.4 is 5.32 Å². The molecule has 3 rings (SSSR count). The Labute approximate surface area is 195 Å². The van der Waals surface area contributed by atoms with Crippen molar-refractivity contribution in [1.82, 2.24) is 9.78 Å². The molecule has 0 unspecified atom stereocenters. The largest absolute Gasteiger partial charge is 0.465 e. The average Bonchev–Trinajstić information content (AvgIpc) is 3.38. The van der Waals surface area contributed by atoms with E-state index in [0.29, 0.717) is 10.6 Å². The van der Waals surface area contributed by atoms with Crippen molar-refractivity contribution in [3.05, 3.63) is 69.4 Å². The molecule has 180 valence electrons. The van der Waals surface area contributed by atoms with Gasteiger partial charge in [-0.25, -0.2) is 4.79 Å². The smallest absolute Gasteiger partial charge is 0.433 e. The van der Waals surface area contributed by atoms with Crippen LogP contribution in [0.2, 0.25) is 0 Å². The Morgan fingerprint density at radius 3 is 2.30 bits per heavy atom. The zero-order chi connectivity index (χ0) is 25.2. The Kier molecular flexibility index (Phi) is 10.8. The molecule has 0 radical (unpaired) electrons. The van der Waals surface area contributed by atoms with Gasteiger partial charge in [-0.05, 0) is 25.3 Å². The normalized spacial score (nSPS) is 10.3. The molecule has 0 aliphatic rings. The number of esters is 1. The average molecular weight is 484 g/mol. The second-order valence-electron chi connectivity index (χ2n) is 6.56. The van der Waals surface area contributed by atoms with Crippen LogP contribution in [-0.2, 0) is 17.5 Å². The standard InChI is InChI=1S/C13H14F3N3O2S.C8H8O.C2H6/c1-7-4-9(13(14,15)16)19(18-7)5-8-6-22-11(17-2)10(8)12(20)21-3;1-7-2-4-8(6-9)5-3-7;1-2/h4,6,17H,5H2,1-3H3;2-6H,1H3;1-2H3. The van der Waals surface area contributed by atoms with Crippen molar-refractivity contribution >= 4 is 28.6 Å². The third kappa shape index (κ3) is 7.74. The number of ether oxygens (including phenoxy) is 1. The first-order valence-corrected chi connectivity index (χ1v) is 11.0. The molecule has 0 aliphatic heterocycles. The summed E-state index contributed by atoms with van der Waals surface area (Å²) in [6.45, 7) is 7.32. The molecular formula is C23H28F3N3O3S. The minimum atomic E-state index is -4.51. The van der Waals surface area contributed by atoms with Gasteiger partial charge in [-0.1, -0.05) is 43.7 Å². The molecule has 2 aromatic heterocycles. The van der Waals surface area contributed by atoms with E-state index in [1.54, 1.807) is 12.4 Å². The first-order chi connectivity index (χ1) is 15.6. The number of carbonyl (C=O) groups is 2. The molecule has 0 bridgehead atoms. The zero-order valence-electron chi connectivity index (χ0n) is 19.4. The number of hydrogen-bond acceptors (Lipinski definition) is 6. The van der Waals surface area contributed by atoms with Crippen LogP contribution in [0.5, 0.6) is 0 Å². The number of nitrogens with zero attached hydrogens (tertiary/aromatic N) is 2. The molecule has 0 aliphatic carbocycles. The van der Waals surface area contributed by atoms with Crippen molar-refractivity contribution < 1.29 is 27.5 Å². The molecule has 0 amide bonds. The molecule has 1 aromatic carbocycles. The number of aromatic nitrogens is 2. The van der Waals surface area contributed by atoms with E-state index >= 15 is 0 Å². The maximum Gasteiger partial charge on any atom is 0.433 e. The lowest BCUT2D eigenvalue weighted by Gasteiger charge is -2.11. The third-order valence-electron chi connectivity index (χ3n) is 4.21. The number of benzene rings is 1. The highest BCUT2D eigenvalue weighted by atomic mass is 32.1. The lowest BCUT2D eigenvalue weighted by Crippen LogP contribution is -2.16. The van der Waals surface area contributed by atoms with Crippen LogP contribution in [0.3, 0.4) is 0 Å². The van der Waals surface area contributed by atoms with Gasteiger partial charge < -0.3 is 10.1 Å². The second kappa shape index (κ2) is 12.8. The van der Waals surface area contributed by atoms with Crippen LogP contribution in [0.4, 0.5) is 18.2 Å². The number of hydrogen-bond donors (Lipinski definition) is 1. The molecule has 0 saturated heterocycles. The van der Waals surface area contributed by atoms with E-state index in [0.717, 1.165) is 22.6 Å². The summed E-state index contributed by atoms with van der Waals surface area (Å²) in [5.41, 5.74) is 1.99. The number of aryl methyl sites for hydroxylation is 2. The Hall–Kier alpha value is -3.14. The Morgan fingerprint density at radius 1 is 1.21 bits per heavy atom. The fourth-order valence-corrected chi connectivity index (χ4v) is 3.62. The van der Waals surface area contributed by atoms with E-state index in [4.69, 9.17) is 4.74 Å². The molecule has 3 aromatic rings. The van der Waals surface area contributed by atoms with Gasteiger partial charge in [-0.3, -0.25) is 9.48 Å². The predicted molar refractivity (Wildman–Crippen MR) is 124 cm³/mol. The molecule has 0 spiro atoms. The van der Waals surface area contributed by atoms with Gasteiger partial charge in [0.25, 0.3) is 0 Å². The zero-order valence-corrected chi connectivity index (χ0v) is 20.2. The van der Waals surface area contributed by atoms with Gasteiger partial charge in [0, 0.05) is 18.2 Å². The van der Waals surface area contributed by atoms with Gasteiger partial charge in [0.2, 0.25) is 0 Å². The minimum absolute atomic E-state index is 0.161. The molecular weight excluding hydrogens is 455 g/mol. The lowest BCUT2D eigenvalue weighted by molar-refractivity contribution is -0.144. The molecule has 1 N–H and O–H groups in total. The number of anilines is 1. The summed E-state index contributed by atoms with van der Waals surface area (Å²) in [6, 6.07) is 8.43. The van der Waals surface area contributed by atoms with Gasteiger partial charge in [0.1, 0.15) is 17.0 Å². The first-order valence-electron chi connectivity index (χ1n) is 10.1. The summed E-state index contributed by atoms with van der Waals surface area (Å²) < 4.78 is 44.5. The highest BCUT2D eigenvalue weighted by Gasteiger charge is 2.35. The molecule has 6 nitrogen and oxygen atoms in total. The first kappa shape index (κ1) is 27.9. The maximum absolute atomic E-state index is 13.0. The number of carbonyl (C=O) groups excluding carboxylic acids is 2. The van der Waals surface area contributed by atoms with Gasteiger partial charge in [-0.2, -0.15) is 18.3 Å². The number of rotatable bonds is 5. The fourth-order valence-electron chi connectivity index (χ4n) is 2.72. The van der Waals surface area contributed by atoms with E-state index in [9.17, 15) is 22.8 Å². The van der Waals surface area contributed by atoms with Gasteiger partial charge >= 0.3 is 12.1 Å². The van der Waals surface area contributed by atoms with Crippen molar-refractivity contribution in [2.24, 2.45) is 0 Å². The quantitative estimate of drug-likeness (QED) is 0.357. The van der Waals surface area contributed by atoms with E-state index in [1.165, 1.54) is 30.9 Å².